The van der Waals surface area contributed by atoms with Crippen molar-refractivity contribution in [2.24, 2.45) is 0 Å². The SMILES string of the molecule is CSc1ccc2c(Cc3cccc(C(C)=O)n3)c(C3(C)CC3)[nH]c2c1. The number of aromatic nitrogens is 2. The van der Waals surface area contributed by atoms with Gasteiger partial charge in [0.05, 0.1) is 0 Å². The average molecular weight is 350 g/mol. The van der Waals surface area contributed by atoms with Crippen molar-refractivity contribution >= 4 is 28.4 Å². The fraction of sp³-hybridized carbons (Fsp3) is 0.333. The summed E-state index contributed by atoms with van der Waals surface area (Å²) in [6.07, 6.45) is 5.31. The molecule has 4 heteroatoms. The Morgan fingerprint density at radius 3 is 2.76 bits per heavy atom. The van der Waals surface area contributed by atoms with Gasteiger partial charge in [-0.1, -0.05) is 19.1 Å². The summed E-state index contributed by atoms with van der Waals surface area (Å²) in [6, 6.07) is 12.4. The zero-order valence-corrected chi connectivity index (χ0v) is 15.7. The summed E-state index contributed by atoms with van der Waals surface area (Å²) in [6.45, 7) is 3.90. The van der Waals surface area contributed by atoms with Crippen LogP contribution in [0.3, 0.4) is 0 Å². The van der Waals surface area contributed by atoms with Crippen LogP contribution in [-0.2, 0) is 11.8 Å². The molecule has 1 saturated carbocycles. The lowest BCUT2D eigenvalue weighted by atomic mass is 9.96. The highest BCUT2D eigenvalue weighted by Gasteiger charge is 2.42. The van der Waals surface area contributed by atoms with Gasteiger partial charge in [0, 0.05) is 45.9 Å². The molecule has 128 valence electrons. The molecule has 3 aromatic rings. The normalized spacial score (nSPS) is 15.5. The molecule has 25 heavy (non-hydrogen) atoms. The zero-order chi connectivity index (χ0) is 17.6. The van der Waals surface area contributed by atoms with E-state index in [9.17, 15) is 4.79 Å². The molecule has 1 aliphatic rings. The number of thioether (sulfide) groups is 1. The highest BCUT2D eigenvalue weighted by Crippen LogP contribution is 2.50. The first-order chi connectivity index (χ1) is 12.0. The summed E-state index contributed by atoms with van der Waals surface area (Å²) in [5.74, 6) is 0.0137. The third-order valence-corrected chi connectivity index (χ3v) is 5.97. The van der Waals surface area contributed by atoms with Gasteiger partial charge in [0.15, 0.2) is 5.78 Å². The quantitative estimate of drug-likeness (QED) is 0.512. The van der Waals surface area contributed by atoms with Crippen molar-refractivity contribution in [1.82, 2.24) is 9.97 Å². The van der Waals surface area contributed by atoms with Crippen LogP contribution in [0.15, 0.2) is 41.3 Å². The van der Waals surface area contributed by atoms with Gasteiger partial charge in [0.25, 0.3) is 0 Å². The van der Waals surface area contributed by atoms with E-state index in [0.29, 0.717) is 5.69 Å². The summed E-state index contributed by atoms with van der Waals surface area (Å²) in [7, 11) is 0. The number of nitrogens with zero attached hydrogens (tertiary/aromatic N) is 1. The maximum atomic E-state index is 11.6. The molecular weight excluding hydrogens is 328 g/mol. The Kier molecular flexibility index (Phi) is 3.95. The van der Waals surface area contributed by atoms with Crippen LogP contribution in [0.25, 0.3) is 10.9 Å². The molecule has 0 saturated heterocycles. The summed E-state index contributed by atoms with van der Waals surface area (Å²) in [5.41, 5.74) is 5.63. The van der Waals surface area contributed by atoms with Gasteiger partial charge in [-0.3, -0.25) is 4.79 Å². The molecule has 2 heterocycles. The molecule has 0 amide bonds. The molecule has 3 nitrogen and oxygen atoms in total. The fourth-order valence-electron chi connectivity index (χ4n) is 3.45. The standard InChI is InChI=1S/C21H22N2OS/c1-13(24)18-6-4-5-14(22-18)11-17-16-8-7-15(25-3)12-19(16)23-20(17)21(2)9-10-21/h4-8,12,23H,9-11H2,1-3H3. The van der Waals surface area contributed by atoms with Gasteiger partial charge >= 0.3 is 0 Å². The number of rotatable bonds is 5. The highest BCUT2D eigenvalue weighted by molar-refractivity contribution is 7.98. The van der Waals surface area contributed by atoms with E-state index in [2.05, 4.69) is 41.3 Å². The molecule has 2 aromatic heterocycles. The largest absolute Gasteiger partial charge is 0.358 e. The number of fused-ring (bicyclic) bond motifs is 1. The monoisotopic (exact) mass is 350 g/mol. The van der Waals surface area contributed by atoms with Gasteiger partial charge in [-0.05, 0) is 48.9 Å². The van der Waals surface area contributed by atoms with Gasteiger partial charge in [0.1, 0.15) is 5.69 Å². The van der Waals surface area contributed by atoms with Crippen molar-refractivity contribution in [3.63, 3.8) is 0 Å². The minimum absolute atomic E-state index is 0.0137. The predicted molar refractivity (Wildman–Crippen MR) is 104 cm³/mol. The van der Waals surface area contributed by atoms with Crippen LogP contribution in [0, 0.1) is 0 Å². The minimum Gasteiger partial charge on any atom is -0.358 e. The van der Waals surface area contributed by atoms with E-state index in [0.717, 1.165) is 12.1 Å². The van der Waals surface area contributed by atoms with Gasteiger partial charge in [-0.25, -0.2) is 4.98 Å². The molecule has 0 bridgehead atoms. The first-order valence-corrected chi connectivity index (χ1v) is 9.88. The Morgan fingerprint density at radius 2 is 2.08 bits per heavy atom. The van der Waals surface area contributed by atoms with Crippen LogP contribution in [0.2, 0.25) is 0 Å². The summed E-state index contributed by atoms with van der Waals surface area (Å²) >= 11 is 1.76. The molecule has 0 spiro atoms. The molecule has 1 N–H and O–H groups in total. The number of pyridine rings is 1. The molecule has 1 aromatic carbocycles. The van der Waals surface area contributed by atoms with Crippen molar-refractivity contribution in [2.75, 3.05) is 6.26 Å². The Bertz CT molecular complexity index is 969. The van der Waals surface area contributed by atoms with E-state index >= 15 is 0 Å². The number of H-pyrrole nitrogens is 1. The number of carbonyl (C=O) groups is 1. The number of benzene rings is 1. The number of nitrogens with one attached hydrogen (secondary N) is 1. The van der Waals surface area contributed by atoms with E-state index < -0.39 is 0 Å². The average Bonchev–Trinajstić information content (AvgIpc) is 3.26. The van der Waals surface area contributed by atoms with E-state index in [4.69, 9.17) is 0 Å². The number of Topliss-reactive ketones (excluding diaryl/α,β-unsaturated/α-hetero) is 1. The summed E-state index contributed by atoms with van der Waals surface area (Å²) in [5, 5.41) is 1.27. The second-order valence-electron chi connectivity index (χ2n) is 7.20. The highest BCUT2D eigenvalue weighted by atomic mass is 32.2. The predicted octanol–water partition coefficient (Wildman–Crippen LogP) is 5.13. The van der Waals surface area contributed by atoms with Crippen molar-refractivity contribution in [3.05, 3.63) is 59.0 Å². The molecule has 0 radical (unpaired) electrons. The first kappa shape index (κ1) is 16.4. The van der Waals surface area contributed by atoms with Crippen molar-refractivity contribution in [1.29, 1.82) is 0 Å². The van der Waals surface area contributed by atoms with Crippen LogP contribution in [0.1, 0.15) is 54.1 Å². The Balaban J connectivity index is 1.82. The number of hydrogen-bond acceptors (Lipinski definition) is 3. The molecule has 1 fully saturated rings. The number of hydrogen-bond donors (Lipinski definition) is 1. The van der Waals surface area contributed by atoms with E-state index in [1.54, 1.807) is 24.8 Å². The lowest BCUT2D eigenvalue weighted by Crippen LogP contribution is -2.06. The van der Waals surface area contributed by atoms with Crippen molar-refractivity contribution < 1.29 is 4.79 Å². The van der Waals surface area contributed by atoms with Crippen LogP contribution >= 0.6 is 11.8 Å². The molecule has 4 rings (SSSR count). The van der Waals surface area contributed by atoms with Crippen molar-refractivity contribution in [3.8, 4) is 0 Å². The lowest BCUT2D eigenvalue weighted by Gasteiger charge is -2.11. The van der Waals surface area contributed by atoms with Gasteiger partial charge < -0.3 is 4.98 Å². The minimum atomic E-state index is 0.0137. The summed E-state index contributed by atoms with van der Waals surface area (Å²) in [4.78, 5) is 21.2. The van der Waals surface area contributed by atoms with Gasteiger partial charge in [-0.2, -0.15) is 0 Å². The Labute approximate surface area is 152 Å². The van der Waals surface area contributed by atoms with Gasteiger partial charge in [0.2, 0.25) is 0 Å². The maximum absolute atomic E-state index is 11.6. The third kappa shape index (κ3) is 2.99. The smallest absolute Gasteiger partial charge is 0.178 e. The van der Waals surface area contributed by atoms with Crippen molar-refractivity contribution in [2.45, 2.75) is 43.4 Å². The Morgan fingerprint density at radius 1 is 1.28 bits per heavy atom. The Hall–Kier alpha value is -2.07. The second-order valence-corrected chi connectivity index (χ2v) is 8.08. The summed E-state index contributed by atoms with van der Waals surface area (Å²) < 4.78 is 0. The van der Waals surface area contributed by atoms with Gasteiger partial charge in [-0.15, -0.1) is 11.8 Å². The number of aromatic amines is 1. The topological polar surface area (TPSA) is 45.8 Å². The molecule has 1 aliphatic carbocycles. The number of ketones is 1. The maximum Gasteiger partial charge on any atom is 0.178 e. The van der Waals surface area contributed by atoms with Crippen LogP contribution in [0.4, 0.5) is 0 Å². The van der Waals surface area contributed by atoms with E-state index in [-0.39, 0.29) is 11.2 Å². The third-order valence-electron chi connectivity index (χ3n) is 5.24. The van der Waals surface area contributed by atoms with Crippen LogP contribution < -0.4 is 0 Å². The lowest BCUT2D eigenvalue weighted by molar-refractivity contribution is 0.101. The molecule has 0 atom stereocenters. The second kappa shape index (κ2) is 6.03. The molecular formula is C21H22N2OS. The molecule has 0 aliphatic heterocycles. The first-order valence-electron chi connectivity index (χ1n) is 8.66. The fourth-order valence-corrected chi connectivity index (χ4v) is 3.89. The number of carbonyl (C=O) groups excluding carboxylic acids is 1. The van der Waals surface area contributed by atoms with E-state index in [1.165, 1.54) is 39.9 Å². The molecule has 0 unspecified atom stereocenters. The zero-order valence-electron chi connectivity index (χ0n) is 14.8. The van der Waals surface area contributed by atoms with Crippen LogP contribution in [-0.4, -0.2) is 22.0 Å². The van der Waals surface area contributed by atoms with E-state index in [1.807, 2.05) is 12.1 Å². The van der Waals surface area contributed by atoms with Crippen LogP contribution in [0.5, 0.6) is 0 Å².